The van der Waals surface area contributed by atoms with Crippen LogP contribution in [0.3, 0.4) is 0 Å². The molecule has 0 bridgehead atoms. The zero-order valence-corrected chi connectivity index (χ0v) is 13.0. The van der Waals surface area contributed by atoms with E-state index in [-0.39, 0.29) is 23.7 Å². The highest BCUT2D eigenvalue weighted by Crippen LogP contribution is 2.29. The molecule has 7 nitrogen and oxygen atoms in total. The molecule has 0 fully saturated rings. The number of H-pyrrole nitrogens is 1. The maximum absolute atomic E-state index is 12.4. The topological polar surface area (TPSA) is 84.5 Å². The Morgan fingerprint density at radius 2 is 2.04 bits per heavy atom. The van der Waals surface area contributed by atoms with E-state index in [1.54, 1.807) is 6.07 Å². The number of methoxy groups -OCH3 is 1. The number of halogens is 2. The highest BCUT2D eigenvalue weighted by Gasteiger charge is 2.16. The number of hydrogen-bond donors (Lipinski definition) is 1. The molecule has 128 valence electrons. The van der Waals surface area contributed by atoms with Crippen molar-refractivity contribution in [1.82, 2.24) is 15.1 Å². The third kappa shape index (κ3) is 4.28. The molecule has 0 saturated carbocycles. The summed E-state index contributed by atoms with van der Waals surface area (Å²) in [5.74, 6) is -0.387. The molecule has 1 N–H and O–H groups in total. The summed E-state index contributed by atoms with van der Waals surface area (Å²) in [5, 5.41) is 5.82. The number of aromatic nitrogens is 2. The fourth-order valence-electron chi connectivity index (χ4n) is 2.01. The highest BCUT2D eigenvalue weighted by atomic mass is 19.3. The van der Waals surface area contributed by atoms with Gasteiger partial charge in [0.25, 0.3) is 11.5 Å². The van der Waals surface area contributed by atoms with Crippen molar-refractivity contribution < 1.29 is 23.0 Å². The summed E-state index contributed by atoms with van der Waals surface area (Å²) in [6, 6.07) is 6.97. The number of nitrogens with one attached hydrogen (secondary N) is 1. The van der Waals surface area contributed by atoms with E-state index in [0.29, 0.717) is 5.56 Å². The number of carbonyl (C=O) groups excluding carboxylic acids is 1. The first-order valence-corrected chi connectivity index (χ1v) is 6.83. The van der Waals surface area contributed by atoms with Crippen LogP contribution in [0.4, 0.5) is 8.78 Å². The van der Waals surface area contributed by atoms with E-state index in [1.165, 1.54) is 43.3 Å². The van der Waals surface area contributed by atoms with E-state index in [2.05, 4.69) is 14.9 Å². The van der Waals surface area contributed by atoms with Crippen molar-refractivity contribution in [1.29, 1.82) is 0 Å². The van der Waals surface area contributed by atoms with Gasteiger partial charge in [-0.05, 0) is 23.8 Å². The van der Waals surface area contributed by atoms with E-state index >= 15 is 0 Å². The first kappa shape index (κ1) is 17.4. The average Bonchev–Trinajstić information content (AvgIpc) is 2.54. The largest absolute Gasteiger partial charge is 0.493 e. The molecule has 2 aromatic rings. The summed E-state index contributed by atoms with van der Waals surface area (Å²) < 4.78 is 34.2. The molecule has 0 radical (unpaired) electrons. The average molecular weight is 339 g/mol. The Labute approximate surface area is 135 Å². The Morgan fingerprint density at radius 3 is 2.62 bits per heavy atom. The molecule has 0 aliphatic heterocycles. The molecule has 9 heteroatoms. The number of hydrogen-bond acceptors (Lipinski definition) is 5. The van der Waals surface area contributed by atoms with Gasteiger partial charge in [-0.25, -0.2) is 5.10 Å². The molecule has 1 aromatic heterocycles. The lowest BCUT2D eigenvalue weighted by Gasteiger charge is -2.18. The lowest BCUT2D eigenvalue weighted by Crippen LogP contribution is -2.28. The number of benzene rings is 1. The van der Waals surface area contributed by atoms with Crippen LogP contribution in [-0.2, 0) is 6.54 Å². The Kier molecular flexibility index (Phi) is 5.46. The number of alkyl halides is 2. The van der Waals surface area contributed by atoms with Gasteiger partial charge in [-0.3, -0.25) is 9.59 Å². The maximum Gasteiger partial charge on any atom is 0.387 e. The number of nitrogens with zero attached hydrogens (tertiary/aromatic N) is 2. The van der Waals surface area contributed by atoms with Gasteiger partial charge in [-0.15, -0.1) is 0 Å². The predicted octanol–water partition coefficient (Wildman–Crippen LogP) is 1.65. The summed E-state index contributed by atoms with van der Waals surface area (Å²) in [7, 11) is 2.86. The van der Waals surface area contributed by atoms with Gasteiger partial charge in [0.15, 0.2) is 11.5 Å². The monoisotopic (exact) mass is 339 g/mol. The lowest BCUT2D eigenvalue weighted by molar-refractivity contribution is -0.0512. The zero-order valence-electron chi connectivity index (χ0n) is 13.0. The lowest BCUT2D eigenvalue weighted by atomic mass is 10.2. The second-order valence-electron chi connectivity index (χ2n) is 4.83. The van der Waals surface area contributed by atoms with Crippen LogP contribution >= 0.6 is 0 Å². The first-order valence-electron chi connectivity index (χ1n) is 6.83. The zero-order chi connectivity index (χ0) is 17.7. The van der Waals surface area contributed by atoms with Crippen LogP contribution in [0.15, 0.2) is 35.1 Å². The van der Waals surface area contributed by atoms with Crippen molar-refractivity contribution in [2.45, 2.75) is 13.2 Å². The number of amides is 1. The third-order valence-electron chi connectivity index (χ3n) is 3.11. The van der Waals surface area contributed by atoms with Crippen molar-refractivity contribution in [3.8, 4) is 11.5 Å². The minimum absolute atomic E-state index is 0.0645. The van der Waals surface area contributed by atoms with Gasteiger partial charge in [-0.2, -0.15) is 13.9 Å². The Hall–Kier alpha value is -2.97. The molecular formula is C15H15F2N3O4. The SMILES string of the molecule is COc1ccc(CN(C)C(=O)c2ccc(=O)[nH]n2)cc1OC(F)F. The van der Waals surface area contributed by atoms with Crippen molar-refractivity contribution in [3.05, 3.63) is 51.9 Å². The van der Waals surface area contributed by atoms with E-state index in [0.717, 1.165) is 0 Å². The number of carbonyl (C=O) groups is 1. The molecule has 1 heterocycles. The number of rotatable bonds is 6. The Bertz CT molecular complexity index is 759. The normalized spacial score (nSPS) is 10.5. The molecule has 0 aliphatic rings. The summed E-state index contributed by atoms with van der Waals surface area (Å²) in [6.07, 6.45) is 0. The second kappa shape index (κ2) is 7.53. The first-order chi connectivity index (χ1) is 11.4. The molecular weight excluding hydrogens is 324 g/mol. The molecule has 1 aromatic carbocycles. The van der Waals surface area contributed by atoms with Crippen molar-refractivity contribution >= 4 is 5.91 Å². The predicted molar refractivity (Wildman–Crippen MR) is 80.3 cm³/mol. The van der Waals surface area contributed by atoms with Crippen LogP contribution in [0.25, 0.3) is 0 Å². The van der Waals surface area contributed by atoms with Gasteiger partial charge >= 0.3 is 6.61 Å². The van der Waals surface area contributed by atoms with Crippen LogP contribution in [-0.4, -0.2) is 41.8 Å². The minimum Gasteiger partial charge on any atom is -0.493 e. The molecule has 0 unspecified atom stereocenters. The highest BCUT2D eigenvalue weighted by molar-refractivity contribution is 5.91. The smallest absolute Gasteiger partial charge is 0.387 e. The van der Waals surface area contributed by atoms with Crippen molar-refractivity contribution in [2.75, 3.05) is 14.2 Å². The fraction of sp³-hybridized carbons (Fsp3) is 0.267. The quantitative estimate of drug-likeness (QED) is 0.865. The third-order valence-corrected chi connectivity index (χ3v) is 3.11. The van der Waals surface area contributed by atoms with Crippen LogP contribution < -0.4 is 15.0 Å². The maximum atomic E-state index is 12.4. The molecule has 0 aliphatic carbocycles. The molecule has 0 saturated heterocycles. The fourth-order valence-corrected chi connectivity index (χ4v) is 2.01. The van der Waals surface area contributed by atoms with Gasteiger partial charge in [0, 0.05) is 19.7 Å². The molecule has 0 atom stereocenters. The van der Waals surface area contributed by atoms with E-state index in [9.17, 15) is 18.4 Å². The van der Waals surface area contributed by atoms with Crippen LogP contribution in [0.5, 0.6) is 11.5 Å². The standard InChI is InChI=1S/C15H15F2N3O4/c1-20(14(22)10-4-6-13(21)19-18-10)8-9-3-5-11(23-2)12(7-9)24-15(16)17/h3-7,15H,8H2,1-2H3,(H,19,21). The number of ether oxygens (including phenoxy) is 2. The van der Waals surface area contributed by atoms with Gasteiger partial charge in [0.05, 0.1) is 7.11 Å². The minimum atomic E-state index is -2.99. The number of aromatic amines is 1. The molecule has 24 heavy (non-hydrogen) atoms. The van der Waals surface area contributed by atoms with Crippen LogP contribution in [0.2, 0.25) is 0 Å². The molecule has 1 amide bonds. The van der Waals surface area contributed by atoms with E-state index in [1.807, 2.05) is 0 Å². The molecule has 2 rings (SSSR count). The van der Waals surface area contributed by atoms with Crippen LogP contribution in [0.1, 0.15) is 16.1 Å². The Balaban J connectivity index is 2.15. The van der Waals surface area contributed by atoms with Gasteiger partial charge < -0.3 is 14.4 Å². The van der Waals surface area contributed by atoms with E-state index < -0.39 is 18.1 Å². The molecule has 0 spiro atoms. The summed E-state index contributed by atoms with van der Waals surface area (Å²) in [6.45, 7) is -2.86. The second-order valence-corrected chi connectivity index (χ2v) is 4.83. The Morgan fingerprint density at radius 1 is 1.29 bits per heavy atom. The van der Waals surface area contributed by atoms with Crippen molar-refractivity contribution in [2.24, 2.45) is 0 Å². The van der Waals surface area contributed by atoms with Crippen molar-refractivity contribution in [3.63, 3.8) is 0 Å². The summed E-state index contributed by atoms with van der Waals surface area (Å²) >= 11 is 0. The summed E-state index contributed by atoms with van der Waals surface area (Å²) in [4.78, 5) is 24.5. The van der Waals surface area contributed by atoms with Gasteiger partial charge in [0.2, 0.25) is 0 Å². The van der Waals surface area contributed by atoms with Crippen LogP contribution in [0, 0.1) is 0 Å². The van der Waals surface area contributed by atoms with Gasteiger partial charge in [0.1, 0.15) is 5.69 Å². The van der Waals surface area contributed by atoms with E-state index in [4.69, 9.17) is 4.74 Å². The summed E-state index contributed by atoms with van der Waals surface area (Å²) in [5.41, 5.74) is 0.208. The van der Waals surface area contributed by atoms with Gasteiger partial charge in [-0.1, -0.05) is 6.07 Å².